The molecule has 0 saturated carbocycles. The van der Waals surface area contributed by atoms with Crippen LogP contribution in [0.4, 0.5) is 0 Å². The highest BCUT2D eigenvalue weighted by atomic mass is 32.2. The molecule has 1 unspecified atom stereocenters. The van der Waals surface area contributed by atoms with Gasteiger partial charge in [-0.2, -0.15) is 0 Å². The summed E-state index contributed by atoms with van der Waals surface area (Å²) in [7, 11) is 0. The molecule has 2 nitrogen and oxygen atoms in total. The Morgan fingerprint density at radius 2 is 1.95 bits per heavy atom. The summed E-state index contributed by atoms with van der Waals surface area (Å²) in [4.78, 5) is 5.91. The molecule has 1 aliphatic rings. The lowest BCUT2D eigenvalue weighted by atomic mass is 10.0. The Balaban J connectivity index is 1.70. The molecule has 4 rings (SSSR count). The molecule has 94 valence electrons. The highest BCUT2D eigenvalue weighted by Gasteiger charge is 2.23. The maximum atomic E-state index is 4.47. The van der Waals surface area contributed by atoms with E-state index in [0.29, 0.717) is 5.92 Å². The molecule has 2 aromatic carbocycles. The van der Waals surface area contributed by atoms with Crippen LogP contribution in [0.1, 0.15) is 11.5 Å². The van der Waals surface area contributed by atoms with Crippen molar-refractivity contribution in [2.45, 2.75) is 17.4 Å². The largest absolute Gasteiger partial charge is 0.330 e. The van der Waals surface area contributed by atoms with Gasteiger partial charge in [0.1, 0.15) is 0 Å². The van der Waals surface area contributed by atoms with E-state index in [1.807, 2.05) is 24.2 Å². The van der Waals surface area contributed by atoms with Crippen LogP contribution in [0.5, 0.6) is 0 Å². The molecule has 0 aliphatic carbocycles. The third kappa shape index (κ3) is 1.85. The second kappa shape index (κ2) is 4.42. The third-order valence-electron chi connectivity index (χ3n) is 3.74. The number of hydrogen-bond acceptors (Lipinski definition) is 2. The molecule has 3 aromatic rings. The molecule has 1 aromatic heterocycles. The van der Waals surface area contributed by atoms with Gasteiger partial charge in [-0.3, -0.25) is 0 Å². The van der Waals surface area contributed by atoms with Gasteiger partial charge < -0.3 is 4.57 Å². The van der Waals surface area contributed by atoms with E-state index in [4.69, 9.17) is 0 Å². The normalized spacial score (nSPS) is 17.8. The minimum Gasteiger partial charge on any atom is -0.330 e. The minimum atomic E-state index is 0.596. The SMILES string of the molecule is c1ccc2c(c1)SCC2Cn1cnc2ccccc21. The average Bonchev–Trinajstić information content (AvgIpc) is 3.05. The fraction of sp³-hybridized carbons (Fsp3) is 0.188. The molecule has 3 heteroatoms. The summed E-state index contributed by atoms with van der Waals surface area (Å²) in [5, 5.41) is 0. The first-order valence-electron chi connectivity index (χ1n) is 6.53. The number of para-hydroxylation sites is 2. The van der Waals surface area contributed by atoms with Crippen LogP contribution in [0.15, 0.2) is 59.8 Å². The van der Waals surface area contributed by atoms with Crippen molar-refractivity contribution in [1.29, 1.82) is 0 Å². The molecule has 19 heavy (non-hydrogen) atoms. The van der Waals surface area contributed by atoms with E-state index in [1.54, 1.807) is 0 Å². The summed E-state index contributed by atoms with van der Waals surface area (Å²) in [6.45, 7) is 1.02. The van der Waals surface area contributed by atoms with Crippen molar-refractivity contribution in [2.24, 2.45) is 0 Å². The second-order valence-electron chi connectivity index (χ2n) is 4.93. The first-order chi connectivity index (χ1) is 9.42. The molecular weight excluding hydrogens is 252 g/mol. The van der Waals surface area contributed by atoms with Gasteiger partial charge in [0.2, 0.25) is 0 Å². The van der Waals surface area contributed by atoms with Crippen LogP contribution in [0.25, 0.3) is 11.0 Å². The quantitative estimate of drug-likeness (QED) is 0.699. The Morgan fingerprint density at radius 3 is 2.95 bits per heavy atom. The van der Waals surface area contributed by atoms with Gasteiger partial charge in [0.05, 0.1) is 17.4 Å². The van der Waals surface area contributed by atoms with Crippen LogP contribution >= 0.6 is 11.8 Å². The van der Waals surface area contributed by atoms with Gasteiger partial charge in [-0.15, -0.1) is 11.8 Å². The Hall–Kier alpha value is -1.74. The van der Waals surface area contributed by atoms with Gasteiger partial charge in [0, 0.05) is 23.1 Å². The Bertz CT molecular complexity index is 732. The summed E-state index contributed by atoms with van der Waals surface area (Å²) in [5.41, 5.74) is 3.81. The second-order valence-corrected chi connectivity index (χ2v) is 5.99. The predicted octanol–water partition coefficient (Wildman–Crippen LogP) is 3.93. The number of rotatable bonds is 2. The van der Waals surface area contributed by atoms with Crippen molar-refractivity contribution in [3.05, 3.63) is 60.4 Å². The van der Waals surface area contributed by atoms with E-state index in [-0.39, 0.29) is 0 Å². The maximum Gasteiger partial charge on any atom is 0.0958 e. The Kier molecular flexibility index (Phi) is 2.59. The van der Waals surface area contributed by atoms with E-state index in [2.05, 4.69) is 52.0 Å². The first-order valence-corrected chi connectivity index (χ1v) is 7.52. The van der Waals surface area contributed by atoms with Gasteiger partial charge >= 0.3 is 0 Å². The molecule has 0 amide bonds. The van der Waals surface area contributed by atoms with Crippen molar-refractivity contribution >= 4 is 22.8 Å². The van der Waals surface area contributed by atoms with Crippen LogP contribution in [0.2, 0.25) is 0 Å². The zero-order chi connectivity index (χ0) is 12.7. The van der Waals surface area contributed by atoms with E-state index >= 15 is 0 Å². The summed E-state index contributed by atoms with van der Waals surface area (Å²) >= 11 is 1.97. The van der Waals surface area contributed by atoms with Crippen molar-refractivity contribution in [3.8, 4) is 0 Å². The van der Waals surface area contributed by atoms with Crippen molar-refractivity contribution in [2.75, 3.05) is 5.75 Å². The lowest BCUT2D eigenvalue weighted by Gasteiger charge is -2.12. The van der Waals surface area contributed by atoms with E-state index in [9.17, 15) is 0 Å². The van der Waals surface area contributed by atoms with Gasteiger partial charge in [-0.05, 0) is 23.8 Å². The molecule has 0 radical (unpaired) electrons. The molecule has 1 atom stereocenters. The van der Waals surface area contributed by atoms with Crippen LogP contribution in [0.3, 0.4) is 0 Å². The van der Waals surface area contributed by atoms with Gasteiger partial charge in [0.15, 0.2) is 0 Å². The molecule has 2 heterocycles. The van der Waals surface area contributed by atoms with Crippen molar-refractivity contribution < 1.29 is 0 Å². The van der Waals surface area contributed by atoms with Gasteiger partial charge in [0.25, 0.3) is 0 Å². The molecule has 1 aliphatic heterocycles. The lowest BCUT2D eigenvalue weighted by molar-refractivity contribution is 0.619. The number of fused-ring (bicyclic) bond motifs is 2. The van der Waals surface area contributed by atoms with E-state index in [1.165, 1.54) is 21.7 Å². The number of aromatic nitrogens is 2. The number of nitrogens with zero attached hydrogens (tertiary/aromatic N) is 2. The zero-order valence-electron chi connectivity index (χ0n) is 10.5. The first kappa shape index (κ1) is 11.1. The number of hydrogen-bond donors (Lipinski definition) is 0. The van der Waals surface area contributed by atoms with Gasteiger partial charge in [-0.25, -0.2) is 4.98 Å². The standard InChI is InChI=1S/C16H14N2S/c1-4-8-16-13(5-1)12(10-19-16)9-18-11-17-14-6-2-3-7-15(14)18/h1-8,11-12H,9-10H2. The summed E-state index contributed by atoms with van der Waals surface area (Å²) in [5.74, 6) is 1.77. The molecule has 0 N–H and O–H groups in total. The molecule has 0 bridgehead atoms. The Morgan fingerprint density at radius 1 is 1.11 bits per heavy atom. The fourth-order valence-electron chi connectivity index (χ4n) is 2.77. The monoisotopic (exact) mass is 266 g/mol. The third-order valence-corrected chi connectivity index (χ3v) is 5.00. The number of thioether (sulfide) groups is 1. The van der Waals surface area contributed by atoms with Crippen LogP contribution in [0, 0.1) is 0 Å². The van der Waals surface area contributed by atoms with E-state index < -0.39 is 0 Å². The lowest BCUT2D eigenvalue weighted by Crippen LogP contribution is -2.07. The minimum absolute atomic E-state index is 0.596. The van der Waals surface area contributed by atoms with Crippen LogP contribution in [-0.2, 0) is 6.54 Å². The Labute approximate surface area is 116 Å². The average molecular weight is 266 g/mol. The molecule has 0 fully saturated rings. The zero-order valence-corrected chi connectivity index (χ0v) is 11.3. The fourth-order valence-corrected chi connectivity index (χ4v) is 4.02. The van der Waals surface area contributed by atoms with Crippen molar-refractivity contribution in [3.63, 3.8) is 0 Å². The summed E-state index contributed by atoms with van der Waals surface area (Å²) < 4.78 is 2.28. The summed E-state index contributed by atoms with van der Waals surface area (Å²) in [6, 6.07) is 17.1. The summed E-state index contributed by atoms with van der Waals surface area (Å²) in [6.07, 6.45) is 1.97. The molecular formula is C16H14N2S. The molecule has 0 spiro atoms. The van der Waals surface area contributed by atoms with Gasteiger partial charge in [-0.1, -0.05) is 30.3 Å². The van der Waals surface area contributed by atoms with Crippen LogP contribution in [-0.4, -0.2) is 15.3 Å². The van der Waals surface area contributed by atoms with Crippen molar-refractivity contribution in [1.82, 2.24) is 9.55 Å². The number of imidazole rings is 1. The maximum absolute atomic E-state index is 4.47. The predicted molar refractivity (Wildman–Crippen MR) is 79.6 cm³/mol. The van der Waals surface area contributed by atoms with Crippen LogP contribution < -0.4 is 0 Å². The number of benzene rings is 2. The van der Waals surface area contributed by atoms with E-state index in [0.717, 1.165) is 12.1 Å². The smallest absolute Gasteiger partial charge is 0.0958 e. The topological polar surface area (TPSA) is 17.8 Å². The highest BCUT2D eigenvalue weighted by molar-refractivity contribution is 7.99. The highest BCUT2D eigenvalue weighted by Crippen LogP contribution is 2.40. The molecule has 0 saturated heterocycles.